The molecule has 0 saturated heterocycles. The van der Waals surface area contributed by atoms with Crippen LogP contribution < -0.4 is 0 Å². The van der Waals surface area contributed by atoms with Gasteiger partial charge in [-0.25, -0.2) is 0 Å². The molecule has 0 radical (unpaired) electrons. The monoisotopic (exact) mass is 420 g/mol. The fourth-order valence-electron chi connectivity index (χ4n) is 3.93. The van der Waals surface area contributed by atoms with Gasteiger partial charge < -0.3 is 0 Å². The minimum atomic E-state index is -2.35. The lowest BCUT2D eigenvalue weighted by atomic mass is 9.95. The molecule has 0 aromatic heterocycles. The van der Waals surface area contributed by atoms with E-state index in [9.17, 15) is 0 Å². The molecule has 0 nitrogen and oxygen atoms in total. The van der Waals surface area contributed by atoms with Gasteiger partial charge in [-0.05, 0) is 47.9 Å². The predicted octanol–water partition coefficient (Wildman–Crippen LogP) is 8.85. The zero-order valence-corrected chi connectivity index (χ0v) is 19.4. The summed E-state index contributed by atoms with van der Waals surface area (Å²) in [4.78, 5) is 0. The number of halogens is 2. The molecule has 3 heteroatoms. The van der Waals surface area contributed by atoms with E-state index in [1.54, 1.807) is 0 Å². The molecule has 0 saturated carbocycles. The van der Waals surface area contributed by atoms with Crippen LogP contribution in [0.2, 0.25) is 12.1 Å². The van der Waals surface area contributed by atoms with Crippen LogP contribution in [0.1, 0.15) is 75.3 Å². The fourth-order valence-corrected chi connectivity index (χ4v) is 8.65. The van der Waals surface area contributed by atoms with Gasteiger partial charge in [0.2, 0.25) is 0 Å². The molecule has 0 fully saturated rings. The van der Waals surface area contributed by atoms with Crippen molar-refractivity contribution >= 4 is 28.9 Å². The summed E-state index contributed by atoms with van der Waals surface area (Å²) in [7, 11) is 0. The van der Waals surface area contributed by atoms with Crippen molar-refractivity contribution in [2.45, 2.75) is 76.3 Å². The third-order valence-corrected chi connectivity index (χ3v) is 9.48. The van der Waals surface area contributed by atoms with Crippen LogP contribution in [0, 0.1) is 0 Å². The van der Waals surface area contributed by atoms with Crippen molar-refractivity contribution in [3.05, 3.63) is 71.8 Å². The molecule has 0 bridgehead atoms. The molecule has 0 aliphatic rings. The zero-order valence-electron chi connectivity index (χ0n) is 16.8. The molecule has 0 heterocycles. The van der Waals surface area contributed by atoms with E-state index in [4.69, 9.17) is 22.2 Å². The maximum absolute atomic E-state index is 7.09. The minimum absolute atomic E-state index is 0.482. The van der Waals surface area contributed by atoms with Crippen LogP contribution in [0.3, 0.4) is 0 Å². The maximum Gasteiger partial charge on any atom is 0.252 e. The molecule has 2 aromatic carbocycles. The Morgan fingerprint density at radius 1 is 0.667 bits per heavy atom. The SMILES string of the molecule is CCCCC(C[Si](Cl)(Cl)CC(CCCC)c1ccccc1)c1ccccc1. The summed E-state index contributed by atoms with van der Waals surface area (Å²) in [5.74, 6) is 0.964. The molecule has 2 unspecified atom stereocenters. The lowest BCUT2D eigenvalue weighted by Gasteiger charge is -2.28. The summed E-state index contributed by atoms with van der Waals surface area (Å²) in [5, 5.41) is 0. The lowest BCUT2D eigenvalue weighted by molar-refractivity contribution is 0.605. The Labute approximate surface area is 176 Å². The molecular weight excluding hydrogens is 387 g/mol. The van der Waals surface area contributed by atoms with Crippen molar-refractivity contribution in [1.82, 2.24) is 0 Å². The average molecular weight is 422 g/mol. The highest BCUT2D eigenvalue weighted by atomic mass is 35.7. The molecule has 0 aliphatic heterocycles. The largest absolute Gasteiger partial charge is 0.252 e. The van der Waals surface area contributed by atoms with Crippen molar-refractivity contribution < 1.29 is 0 Å². The molecule has 2 aromatic rings. The van der Waals surface area contributed by atoms with Gasteiger partial charge in [-0.15, -0.1) is 22.2 Å². The van der Waals surface area contributed by atoms with E-state index in [2.05, 4.69) is 74.5 Å². The van der Waals surface area contributed by atoms with Crippen LogP contribution in [-0.2, 0) is 0 Å². The average Bonchev–Trinajstić information content (AvgIpc) is 2.69. The van der Waals surface area contributed by atoms with E-state index >= 15 is 0 Å². The third kappa shape index (κ3) is 8.01. The van der Waals surface area contributed by atoms with Crippen molar-refractivity contribution in [1.29, 1.82) is 0 Å². The van der Waals surface area contributed by atoms with Gasteiger partial charge in [0.05, 0.1) is 0 Å². The van der Waals surface area contributed by atoms with Gasteiger partial charge >= 0.3 is 0 Å². The van der Waals surface area contributed by atoms with Gasteiger partial charge in [-0.3, -0.25) is 0 Å². The highest BCUT2D eigenvalue weighted by Gasteiger charge is 2.35. The second-order valence-corrected chi connectivity index (χ2v) is 15.2. The maximum atomic E-state index is 7.09. The molecule has 2 atom stereocenters. The van der Waals surface area contributed by atoms with Gasteiger partial charge in [-0.2, -0.15) is 0 Å². The van der Waals surface area contributed by atoms with Crippen molar-refractivity contribution in [2.24, 2.45) is 0 Å². The van der Waals surface area contributed by atoms with Crippen molar-refractivity contribution in [3.63, 3.8) is 0 Å². The van der Waals surface area contributed by atoms with Crippen molar-refractivity contribution in [3.8, 4) is 0 Å². The summed E-state index contributed by atoms with van der Waals surface area (Å²) in [6, 6.07) is 23.6. The first-order chi connectivity index (χ1) is 13.1. The summed E-state index contributed by atoms with van der Waals surface area (Å²) < 4.78 is 0. The summed E-state index contributed by atoms with van der Waals surface area (Å²) in [5.41, 5.74) is 2.79. The van der Waals surface area contributed by atoms with Crippen LogP contribution in [0.25, 0.3) is 0 Å². The van der Waals surface area contributed by atoms with Crippen LogP contribution in [0.5, 0.6) is 0 Å². The fraction of sp³-hybridized carbons (Fsp3) is 0.500. The van der Waals surface area contributed by atoms with Crippen molar-refractivity contribution in [2.75, 3.05) is 0 Å². The lowest BCUT2D eigenvalue weighted by Crippen LogP contribution is -2.25. The Hall–Kier alpha value is -0.763. The molecular formula is C24H34Cl2Si. The summed E-state index contributed by atoms with van der Waals surface area (Å²) >= 11 is 14.2. The van der Waals surface area contributed by atoms with Gasteiger partial charge in [0.15, 0.2) is 0 Å². The molecule has 2 rings (SSSR count). The van der Waals surface area contributed by atoms with Crippen LogP contribution >= 0.6 is 22.2 Å². The van der Waals surface area contributed by atoms with E-state index in [-0.39, 0.29) is 0 Å². The van der Waals surface area contributed by atoms with E-state index < -0.39 is 6.69 Å². The predicted molar refractivity (Wildman–Crippen MR) is 124 cm³/mol. The Balaban J connectivity index is 2.12. The standard InChI is InChI=1S/C24H34Cl2Si/c1-3-5-13-23(21-15-9-7-10-16-21)19-27(25,26)20-24(14-6-4-2)22-17-11-8-12-18-22/h7-12,15-18,23-24H,3-6,13-14,19-20H2,1-2H3. The molecule has 148 valence electrons. The molecule has 0 N–H and O–H groups in total. The van der Waals surface area contributed by atoms with E-state index in [1.165, 1.54) is 49.7 Å². The number of rotatable bonds is 12. The smallest absolute Gasteiger partial charge is 0.146 e. The van der Waals surface area contributed by atoms with Crippen LogP contribution in [0.4, 0.5) is 0 Å². The Morgan fingerprint density at radius 3 is 1.37 bits per heavy atom. The first-order valence-electron chi connectivity index (χ1n) is 10.5. The Kier molecular flexibility index (Phi) is 9.96. The molecule has 27 heavy (non-hydrogen) atoms. The van der Waals surface area contributed by atoms with E-state index in [0.717, 1.165) is 12.1 Å². The normalized spacial score (nSPS) is 14.1. The first-order valence-corrected chi connectivity index (χ1v) is 15.0. The van der Waals surface area contributed by atoms with E-state index in [0.29, 0.717) is 11.8 Å². The number of unbranched alkanes of at least 4 members (excludes halogenated alkanes) is 2. The van der Waals surface area contributed by atoms with Crippen LogP contribution in [-0.4, -0.2) is 6.69 Å². The first kappa shape index (κ1) is 22.5. The van der Waals surface area contributed by atoms with Gasteiger partial charge in [-0.1, -0.05) is 100 Å². The quantitative estimate of drug-likeness (QED) is 0.237. The molecule has 0 spiro atoms. The second kappa shape index (κ2) is 11.9. The Bertz CT molecular complexity index is 572. The highest BCUT2D eigenvalue weighted by Crippen LogP contribution is 2.42. The topological polar surface area (TPSA) is 0 Å². The zero-order chi connectivity index (χ0) is 19.5. The number of hydrogen-bond acceptors (Lipinski definition) is 0. The minimum Gasteiger partial charge on any atom is -0.146 e. The van der Waals surface area contributed by atoms with Gasteiger partial charge in [0.1, 0.15) is 0 Å². The van der Waals surface area contributed by atoms with Gasteiger partial charge in [0, 0.05) is 0 Å². The number of hydrogen-bond donors (Lipinski definition) is 0. The van der Waals surface area contributed by atoms with E-state index in [1.807, 2.05) is 0 Å². The third-order valence-electron chi connectivity index (χ3n) is 5.44. The molecule has 0 amide bonds. The molecule has 0 aliphatic carbocycles. The number of benzene rings is 2. The summed E-state index contributed by atoms with van der Waals surface area (Å²) in [6.07, 6.45) is 7.25. The summed E-state index contributed by atoms with van der Waals surface area (Å²) in [6.45, 7) is 2.16. The van der Waals surface area contributed by atoms with Crippen LogP contribution in [0.15, 0.2) is 60.7 Å². The highest BCUT2D eigenvalue weighted by molar-refractivity contribution is 7.45. The Morgan fingerprint density at radius 2 is 1.04 bits per heavy atom. The van der Waals surface area contributed by atoms with Gasteiger partial charge in [0.25, 0.3) is 6.69 Å². The second-order valence-electron chi connectivity index (χ2n) is 7.76.